The molecule has 2 rings (SSSR count). The molecule has 1 heterocycles. The fourth-order valence-corrected chi connectivity index (χ4v) is 1.67. The number of hydrogen-bond donors (Lipinski definition) is 2. The van der Waals surface area contributed by atoms with Crippen LogP contribution >= 0.6 is 0 Å². The molecule has 0 amide bonds. The highest BCUT2D eigenvalue weighted by molar-refractivity contribution is 5.88. The van der Waals surface area contributed by atoms with E-state index in [-0.39, 0.29) is 23.6 Å². The van der Waals surface area contributed by atoms with Gasteiger partial charge in [-0.2, -0.15) is 0 Å². The molecular weight excluding hydrogens is 280 g/mol. The largest absolute Gasteiger partial charge is 0.464 e. The maximum absolute atomic E-state index is 13.5. The maximum atomic E-state index is 13.5. The van der Waals surface area contributed by atoms with E-state index in [9.17, 15) is 13.6 Å². The Labute approximate surface area is 119 Å². The monoisotopic (exact) mass is 293 g/mol. The zero-order valence-electron chi connectivity index (χ0n) is 11.2. The van der Waals surface area contributed by atoms with Gasteiger partial charge in [0.2, 0.25) is 0 Å². The molecular formula is C14H13F2N3O2. The summed E-state index contributed by atoms with van der Waals surface area (Å²) in [4.78, 5) is 15.4. The molecule has 0 saturated carbocycles. The van der Waals surface area contributed by atoms with Crippen LogP contribution in [0.2, 0.25) is 0 Å². The summed E-state index contributed by atoms with van der Waals surface area (Å²) in [6.07, 6.45) is 0. The Morgan fingerprint density at radius 2 is 2.10 bits per heavy atom. The number of hydrogen-bond acceptors (Lipinski definition) is 5. The van der Waals surface area contributed by atoms with Crippen LogP contribution in [0.25, 0.3) is 0 Å². The van der Waals surface area contributed by atoms with Gasteiger partial charge in [-0.3, -0.25) is 0 Å². The molecule has 7 heteroatoms. The number of ether oxygens (including phenoxy) is 1. The van der Waals surface area contributed by atoms with E-state index in [4.69, 9.17) is 5.73 Å². The molecule has 0 radical (unpaired) electrons. The SMILES string of the molecule is COC(=O)c1ccc(N)c(NCc2ccc(F)cc2F)n1. The van der Waals surface area contributed by atoms with E-state index in [0.717, 1.165) is 12.1 Å². The van der Waals surface area contributed by atoms with Crippen molar-refractivity contribution in [3.8, 4) is 0 Å². The van der Waals surface area contributed by atoms with Crippen LogP contribution in [0.1, 0.15) is 16.1 Å². The number of esters is 1. The standard InChI is InChI=1S/C14H13F2N3O2/c1-21-14(20)12-5-4-11(17)13(19-12)18-7-8-2-3-9(15)6-10(8)16/h2-6H,7,17H2,1H3,(H,18,19). The number of aromatic nitrogens is 1. The van der Waals surface area contributed by atoms with Gasteiger partial charge in [0, 0.05) is 18.2 Å². The van der Waals surface area contributed by atoms with Crippen molar-refractivity contribution in [3.63, 3.8) is 0 Å². The Morgan fingerprint density at radius 3 is 2.76 bits per heavy atom. The Morgan fingerprint density at radius 1 is 1.33 bits per heavy atom. The van der Waals surface area contributed by atoms with E-state index in [1.807, 2.05) is 0 Å². The Bertz CT molecular complexity index is 677. The predicted octanol–water partition coefficient (Wildman–Crippen LogP) is 2.34. The van der Waals surface area contributed by atoms with Crippen molar-refractivity contribution in [2.45, 2.75) is 6.54 Å². The molecule has 1 aromatic heterocycles. The second-order valence-corrected chi connectivity index (χ2v) is 4.22. The summed E-state index contributed by atoms with van der Waals surface area (Å²) in [5.74, 6) is -1.71. The quantitative estimate of drug-likeness (QED) is 0.846. The van der Waals surface area contributed by atoms with Crippen LogP contribution in [0.3, 0.4) is 0 Å². The third-order valence-electron chi connectivity index (χ3n) is 2.78. The van der Waals surface area contributed by atoms with Crippen molar-refractivity contribution in [1.82, 2.24) is 4.98 Å². The molecule has 0 atom stereocenters. The van der Waals surface area contributed by atoms with Crippen molar-refractivity contribution < 1.29 is 18.3 Å². The molecule has 0 aliphatic rings. The summed E-state index contributed by atoms with van der Waals surface area (Å²) in [6, 6.07) is 6.17. The number of rotatable bonds is 4. The lowest BCUT2D eigenvalue weighted by molar-refractivity contribution is 0.0594. The first-order valence-corrected chi connectivity index (χ1v) is 6.04. The summed E-state index contributed by atoms with van der Waals surface area (Å²) in [5, 5.41) is 2.80. The van der Waals surface area contributed by atoms with Crippen molar-refractivity contribution in [3.05, 3.63) is 53.2 Å². The molecule has 0 fully saturated rings. The highest BCUT2D eigenvalue weighted by Crippen LogP contribution is 2.18. The fourth-order valence-electron chi connectivity index (χ4n) is 1.67. The highest BCUT2D eigenvalue weighted by Gasteiger charge is 2.11. The van der Waals surface area contributed by atoms with Crippen LogP contribution in [-0.2, 0) is 11.3 Å². The predicted molar refractivity (Wildman–Crippen MR) is 73.7 cm³/mol. The molecule has 2 aromatic rings. The van der Waals surface area contributed by atoms with Crippen LogP contribution < -0.4 is 11.1 Å². The molecule has 5 nitrogen and oxygen atoms in total. The summed E-state index contributed by atoms with van der Waals surface area (Å²) in [6.45, 7) is 0.0495. The minimum Gasteiger partial charge on any atom is -0.464 e. The van der Waals surface area contributed by atoms with E-state index in [1.165, 1.54) is 25.3 Å². The topological polar surface area (TPSA) is 77.2 Å². The molecule has 21 heavy (non-hydrogen) atoms. The molecule has 3 N–H and O–H groups in total. The van der Waals surface area contributed by atoms with Gasteiger partial charge < -0.3 is 15.8 Å². The average Bonchev–Trinajstić information content (AvgIpc) is 2.47. The van der Waals surface area contributed by atoms with Crippen LogP contribution in [0, 0.1) is 11.6 Å². The van der Waals surface area contributed by atoms with Gasteiger partial charge in [-0.1, -0.05) is 6.07 Å². The Kier molecular flexibility index (Phi) is 4.32. The van der Waals surface area contributed by atoms with E-state index >= 15 is 0 Å². The Balaban J connectivity index is 2.17. The second-order valence-electron chi connectivity index (χ2n) is 4.22. The minimum absolute atomic E-state index is 0.0495. The van der Waals surface area contributed by atoms with E-state index in [2.05, 4.69) is 15.0 Å². The number of carbonyl (C=O) groups is 1. The van der Waals surface area contributed by atoms with Gasteiger partial charge in [0.05, 0.1) is 12.8 Å². The first-order valence-electron chi connectivity index (χ1n) is 6.04. The smallest absolute Gasteiger partial charge is 0.356 e. The number of nitrogens with one attached hydrogen (secondary N) is 1. The van der Waals surface area contributed by atoms with Crippen molar-refractivity contribution >= 4 is 17.5 Å². The van der Waals surface area contributed by atoms with E-state index in [1.54, 1.807) is 0 Å². The summed E-state index contributed by atoms with van der Waals surface area (Å²) >= 11 is 0. The highest BCUT2D eigenvalue weighted by atomic mass is 19.1. The number of nitrogens with two attached hydrogens (primary N) is 1. The molecule has 0 unspecified atom stereocenters. The minimum atomic E-state index is -0.676. The number of anilines is 2. The van der Waals surface area contributed by atoms with Gasteiger partial charge in [0.25, 0.3) is 0 Å². The number of pyridine rings is 1. The van der Waals surface area contributed by atoms with Gasteiger partial charge in [0.15, 0.2) is 5.69 Å². The molecule has 0 saturated heterocycles. The Hall–Kier alpha value is -2.70. The summed E-state index contributed by atoms with van der Waals surface area (Å²) < 4.78 is 30.9. The van der Waals surface area contributed by atoms with Crippen LogP contribution in [0.5, 0.6) is 0 Å². The normalized spacial score (nSPS) is 10.2. The molecule has 0 bridgehead atoms. The van der Waals surface area contributed by atoms with Crippen LogP contribution in [0.15, 0.2) is 30.3 Å². The maximum Gasteiger partial charge on any atom is 0.356 e. The zero-order valence-corrected chi connectivity index (χ0v) is 11.2. The number of benzene rings is 1. The van der Waals surface area contributed by atoms with Gasteiger partial charge in [0.1, 0.15) is 17.5 Å². The first kappa shape index (κ1) is 14.7. The zero-order chi connectivity index (χ0) is 15.4. The van der Waals surface area contributed by atoms with Gasteiger partial charge >= 0.3 is 5.97 Å². The molecule has 0 aliphatic heterocycles. The van der Waals surface area contributed by atoms with Crippen LogP contribution in [0.4, 0.5) is 20.3 Å². The van der Waals surface area contributed by atoms with Crippen LogP contribution in [-0.4, -0.2) is 18.1 Å². The van der Waals surface area contributed by atoms with E-state index < -0.39 is 17.6 Å². The molecule has 0 aliphatic carbocycles. The fraction of sp³-hybridized carbons (Fsp3) is 0.143. The number of nitrogens with zero attached hydrogens (tertiary/aromatic N) is 1. The number of methoxy groups -OCH3 is 1. The van der Waals surface area contributed by atoms with Gasteiger partial charge in [-0.25, -0.2) is 18.6 Å². The van der Waals surface area contributed by atoms with Crippen molar-refractivity contribution in [2.75, 3.05) is 18.2 Å². The summed E-state index contributed by atoms with van der Waals surface area (Å²) in [5.41, 5.74) is 6.35. The lowest BCUT2D eigenvalue weighted by Crippen LogP contribution is -2.10. The third-order valence-corrected chi connectivity index (χ3v) is 2.78. The molecule has 1 aromatic carbocycles. The lowest BCUT2D eigenvalue weighted by Gasteiger charge is -2.10. The van der Waals surface area contributed by atoms with Gasteiger partial charge in [-0.05, 0) is 18.2 Å². The van der Waals surface area contributed by atoms with Crippen molar-refractivity contribution in [2.24, 2.45) is 0 Å². The number of nitrogen functional groups attached to an aromatic ring is 1. The molecule has 110 valence electrons. The number of halogens is 2. The van der Waals surface area contributed by atoms with Gasteiger partial charge in [-0.15, -0.1) is 0 Å². The first-order chi connectivity index (χ1) is 10.0. The number of carbonyl (C=O) groups excluding carboxylic acids is 1. The molecule has 0 spiro atoms. The lowest BCUT2D eigenvalue weighted by atomic mass is 10.2. The van der Waals surface area contributed by atoms with Crippen molar-refractivity contribution in [1.29, 1.82) is 0 Å². The van der Waals surface area contributed by atoms with E-state index in [0.29, 0.717) is 5.69 Å². The average molecular weight is 293 g/mol. The summed E-state index contributed by atoms with van der Waals surface area (Å²) in [7, 11) is 1.24. The second kappa shape index (κ2) is 6.17. The third kappa shape index (κ3) is 3.44.